The van der Waals surface area contributed by atoms with Crippen LogP contribution in [0.1, 0.15) is 28.4 Å². The Hall–Kier alpha value is -3.80. The van der Waals surface area contributed by atoms with Crippen LogP contribution < -0.4 is 20.7 Å². The van der Waals surface area contributed by atoms with Crippen LogP contribution in [0.2, 0.25) is 0 Å². The summed E-state index contributed by atoms with van der Waals surface area (Å²) in [5.41, 5.74) is 4.84. The fraction of sp³-hybridized carbons (Fsp3) is 0.200. The summed E-state index contributed by atoms with van der Waals surface area (Å²) in [6.45, 7) is 5.83. The molecule has 6 nitrogen and oxygen atoms in total. The molecule has 0 heterocycles. The first-order chi connectivity index (χ1) is 14.9. The van der Waals surface area contributed by atoms with Gasteiger partial charge in [-0.3, -0.25) is 9.59 Å². The highest BCUT2D eigenvalue weighted by molar-refractivity contribution is 6.05. The van der Waals surface area contributed by atoms with Crippen LogP contribution in [0.4, 0.5) is 17.1 Å². The van der Waals surface area contributed by atoms with Gasteiger partial charge in [0.15, 0.2) is 0 Å². The normalized spacial score (nSPS) is 11.4. The molecule has 3 aromatic rings. The maximum absolute atomic E-state index is 12.6. The van der Waals surface area contributed by atoms with E-state index in [1.807, 2.05) is 51.1 Å². The summed E-state index contributed by atoms with van der Waals surface area (Å²) in [6, 6.07) is 19.6. The van der Waals surface area contributed by atoms with Crippen molar-refractivity contribution in [1.82, 2.24) is 0 Å². The Kier molecular flexibility index (Phi) is 6.92. The summed E-state index contributed by atoms with van der Waals surface area (Å²) >= 11 is 0. The van der Waals surface area contributed by atoms with Gasteiger partial charge in [-0.1, -0.05) is 24.3 Å². The van der Waals surface area contributed by atoms with Gasteiger partial charge in [0.2, 0.25) is 5.91 Å². The van der Waals surface area contributed by atoms with E-state index in [0.29, 0.717) is 22.7 Å². The van der Waals surface area contributed by atoms with Gasteiger partial charge in [-0.05, 0) is 74.4 Å². The third kappa shape index (κ3) is 5.63. The number of carbonyl (C=O) groups is 2. The molecule has 3 rings (SSSR count). The molecule has 0 aromatic heterocycles. The Morgan fingerprint density at radius 3 is 2.29 bits per heavy atom. The molecule has 0 radical (unpaired) electrons. The first-order valence-electron chi connectivity index (χ1n) is 10.1. The van der Waals surface area contributed by atoms with E-state index in [-0.39, 0.29) is 11.8 Å². The lowest BCUT2D eigenvalue weighted by molar-refractivity contribution is -0.116. The van der Waals surface area contributed by atoms with Gasteiger partial charge in [-0.15, -0.1) is 0 Å². The zero-order valence-electron chi connectivity index (χ0n) is 18.2. The summed E-state index contributed by atoms with van der Waals surface area (Å²) in [4.78, 5) is 25.1. The van der Waals surface area contributed by atoms with Gasteiger partial charge in [-0.25, -0.2) is 0 Å². The third-order valence-electron chi connectivity index (χ3n) is 4.93. The number of nitrogens with one attached hydrogen (secondary N) is 3. The second kappa shape index (κ2) is 9.80. The van der Waals surface area contributed by atoms with Crippen LogP contribution in [-0.2, 0) is 4.79 Å². The number of amides is 2. The SMILES string of the molecule is COc1ccccc1NC(=O)c1ccc(NC(=O)C(C)Nc2cc(C)ccc2C)cc1. The maximum Gasteiger partial charge on any atom is 0.255 e. The van der Waals surface area contributed by atoms with Crippen LogP contribution in [0.5, 0.6) is 5.75 Å². The lowest BCUT2D eigenvalue weighted by atomic mass is 10.1. The molecule has 160 valence electrons. The molecule has 6 heteroatoms. The fourth-order valence-electron chi connectivity index (χ4n) is 3.09. The van der Waals surface area contributed by atoms with Crippen LogP contribution >= 0.6 is 0 Å². The Bertz CT molecular complexity index is 1080. The zero-order chi connectivity index (χ0) is 22.4. The minimum absolute atomic E-state index is 0.160. The smallest absolute Gasteiger partial charge is 0.255 e. The molecule has 3 N–H and O–H groups in total. The van der Waals surface area contributed by atoms with Crippen molar-refractivity contribution in [2.45, 2.75) is 26.8 Å². The average Bonchev–Trinajstić information content (AvgIpc) is 2.77. The summed E-state index contributed by atoms with van der Waals surface area (Å²) in [5.74, 6) is 0.171. The highest BCUT2D eigenvalue weighted by Crippen LogP contribution is 2.24. The average molecular weight is 418 g/mol. The Morgan fingerprint density at radius 1 is 0.871 bits per heavy atom. The van der Waals surface area contributed by atoms with E-state index < -0.39 is 6.04 Å². The van der Waals surface area contributed by atoms with Gasteiger partial charge in [0.1, 0.15) is 11.8 Å². The highest BCUT2D eigenvalue weighted by Gasteiger charge is 2.15. The Morgan fingerprint density at radius 2 is 1.58 bits per heavy atom. The molecule has 2 amide bonds. The summed E-state index contributed by atoms with van der Waals surface area (Å²) in [5, 5.41) is 8.96. The largest absolute Gasteiger partial charge is 0.495 e. The molecule has 0 fully saturated rings. The van der Waals surface area contributed by atoms with Crippen molar-refractivity contribution >= 4 is 28.9 Å². The molecule has 0 saturated heterocycles. The number of hydrogen-bond donors (Lipinski definition) is 3. The second-order valence-corrected chi connectivity index (χ2v) is 7.41. The van der Waals surface area contributed by atoms with Gasteiger partial charge >= 0.3 is 0 Å². The van der Waals surface area contributed by atoms with E-state index in [1.165, 1.54) is 0 Å². The van der Waals surface area contributed by atoms with Crippen molar-refractivity contribution in [3.8, 4) is 5.75 Å². The van der Waals surface area contributed by atoms with Crippen LogP contribution in [0, 0.1) is 13.8 Å². The summed E-state index contributed by atoms with van der Waals surface area (Å²) in [6.07, 6.45) is 0. The van der Waals surface area contributed by atoms with E-state index >= 15 is 0 Å². The molecule has 0 aliphatic carbocycles. The third-order valence-corrected chi connectivity index (χ3v) is 4.93. The Labute approximate surface area is 182 Å². The van der Waals surface area contributed by atoms with Gasteiger partial charge in [0, 0.05) is 16.9 Å². The van der Waals surface area contributed by atoms with E-state index in [9.17, 15) is 9.59 Å². The molecule has 1 atom stereocenters. The molecule has 1 unspecified atom stereocenters. The predicted octanol–water partition coefficient (Wildman–Crippen LogP) is 5.00. The number of para-hydroxylation sites is 2. The van der Waals surface area contributed by atoms with Crippen LogP contribution in [0.25, 0.3) is 0 Å². The number of carbonyl (C=O) groups excluding carboxylic acids is 2. The number of benzene rings is 3. The molecule has 0 bridgehead atoms. The van der Waals surface area contributed by atoms with Gasteiger partial charge in [0.25, 0.3) is 5.91 Å². The van der Waals surface area contributed by atoms with Crippen LogP contribution in [-0.4, -0.2) is 25.0 Å². The number of methoxy groups -OCH3 is 1. The minimum Gasteiger partial charge on any atom is -0.495 e. The minimum atomic E-state index is -0.422. The van der Waals surface area contributed by atoms with E-state index in [4.69, 9.17) is 4.74 Å². The molecule has 31 heavy (non-hydrogen) atoms. The molecular formula is C25H27N3O3. The van der Waals surface area contributed by atoms with Crippen molar-refractivity contribution in [2.24, 2.45) is 0 Å². The molecule has 0 aliphatic heterocycles. The first-order valence-corrected chi connectivity index (χ1v) is 10.1. The maximum atomic E-state index is 12.6. The topological polar surface area (TPSA) is 79.5 Å². The van der Waals surface area contributed by atoms with E-state index in [0.717, 1.165) is 16.8 Å². The fourth-order valence-corrected chi connectivity index (χ4v) is 3.09. The number of aryl methyl sites for hydroxylation is 2. The lowest BCUT2D eigenvalue weighted by Crippen LogP contribution is -2.32. The van der Waals surface area contributed by atoms with Crippen LogP contribution in [0.15, 0.2) is 66.7 Å². The zero-order valence-corrected chi connectivity index (χ0v) is 18.2. The second-order valence-electron chi connectivity index (χ2n) is 7.41. The molecule has 3 aromatic carbocycles. The number of rotatable bonds is 7. The number of anilines is 3. The summed E-state index contributed by atoms with van der Waals surface area (Å²) in [7, 11) is 1.55. The lowest BCUT2D eigenvalue weighted by Gasteiger charge is -2.17. The molecule has 0 saturated carbocycles. The number of hydrogen-bond acceptors (Lipinski definition) is 4. The summed E-state index contributed by atoms with van der Waals surface area (Å²) < 4.78 is 5.26. The van der Waals surface area contributed by atoms with E-state index in [1.54, 1.807) is 43.5 Å². The highest BCUT2D eigenvalue weighted by atomic mass is 16.5. The molecule has 0 spiro atoms. The van der Waals surface area contributed by atoms with Gasteiger partial charge in [0.05, 0.1) is 12.8 Å². The quantitative estimate of drug-likeness (QED) is 0.505. The van der Waals surface area contributed by atoms with Crippen molar-refractivity contribution in [1.29, 1.82) is 0 Å². The first kappa shape index (κ1) is 21.9. The van der Waals surface area contributed by atoms with Crippen LogP contribution in [0.3, 0.4) is 0 Å². The number of ether oxygens (including phenoxy) is 1. The predicted molar refractivity (Wildman–Crippen MR) is 125 cm³/mol. The molecule has 0 aliphatic rings. The van der Waals surface area contributed by atoms with Crippen molar-refractivity contribution in [3.05, 3.63) is 83.4 Å². The van der Waals surface area contributed by atoms with Gasteiger partial charge < -0.3 is 20.7 Å². The van der Waals surface area contributed by atoms with E-state index in [2.05, 4.69) is 16.0 Å². The molecular weight excluding hydrogens is 390 g/mol. The van der Waals surface area contributed by atoms with Crippen molar-refractivity contribution < 1.29 is 14.3 Å². The standard InChI is InChI=1S/C25H27N3O3/c1-16-9-10-17(2)22(15-16)26-18(3)24(29)27-20-13-11-19(12-14-20)25(30)28-21-7-5-6-8-23(21)31-4/h5-15,18,26H,1-4H3,(H,27,29)(H,28,30). The van der Waals surface area contributed by atoms with Gasteiger partial charge in [-0.2, -0.15) is 0 Å². The van der Waals surface area contributed by atoms with Crippen molar-refractivity contribution in [2.75, 3.05) is 23.1 Å². The van der Waals surface area contributed by atoms with Crippen molar-refractivity contribution in [3.63, 3.8) is 0 Å². The Balaban J connectivity index is 1.61. The monoisotopic (exact) mass is 417 g/mol.